The minimum Gasteiger partial charge on any atom is -0.481 e. The Kier molecular flexibility index (Phi) is 7.13. The number of aliphatic hydroxyl groups is 1. The third-order valence-electron chi connectivity index (χ3n) is 3.18. The van der Waals surface area contributed by atoms with Crippen LogP contribution in [0.1, 0.15) is 34.0 Å². The van der Waals surface area contributed by atoms with Gasteiger partial charge in [-0.25, -0.2) is 4.79 Å². The van der Waals surface area contributed by atoms with Crippen LogP contribution in [-0.4, -0.2) is 62.1 Å². The Bertz CT molecular complexity index is 536. The highest BCUT2D eigenvalue weighted by Crippen LogP contribution is 2.28. The Balaban J connectivity index is 5.51. The normalized spacial score (nSPS) is 16.3. The number of rotatable bonds is 11. The number of carboxylic acid groups (broad SMARTS) is 3. The molecule has 23 heavy (non-hydrogen) atoms. The fourth-order valence-corrected chi connectivity index (χ4v) is 1.92. The van der Waals surface area contributed by atoms with E-state index in [0.717, 1.165) is 6.92 Å². The minimum atomic E-state index is -2.99. The summed E-state index contributed by atoms with van der Waals surface area (Å²) >= 11 is 0. The molecule has 130 valence electrons. The molecule has 0 aliphatic rings. The van der Waals surface area contributed by atoms with Crippen molar-refractivity contribution in [2.24, 2.45) is 5.92 Å². The second-order valence-corrected chi connectivity index (χ2v) is 4.96. The van der Waals surface area contributed by atoms with Crippen molar-refractivity contribution in [1.82, 2.24) is 5.32 Å². The number of aldehydes is 1. The van der Waals surface area contributed by atoms with E-state index < -0.39 is 60.5 Å². The number of carbonyl (C=O) groups is 5. The maximum atomic E-state index is 12.1. The van der Waals surface area contributed by atoms with Crippen LogP contribution in [0.5, 0.6) is 0 Å². The van der Waals surface area contributed by atoms with E-state index >= 15 is 0 Å². The zero-order valence-electron chi connectivity index (χ0n) is 13.3. The van der Waals surface area contributed by atoms with Crippen LogP contribution in [0, 0.1) is 5.92 Å². The van der Waals surface area contributed by atoms with Crippen molar-refractivity contribution in [3.05, 3.63) is 0 Å². The molecule has 0 aromatic rings. The second kappa shape index (κ2) is 8.83. The van der Waals surface area contributed by atoms with Gasteiger partial charge in [0, 0.05) is 6.42 Å². The first kappa shape index (κ1) is 18.6. The standard InChI is InChI=1S/C13H19NO9/c1-7(11(19)20)14-10(18)8(4-2-3-5-15)13(23,12(21)22)6-9(16)17/h5,7-8,23H,2-4,6H2,1H3,(H,14,18)(H,16,17)(H,19,20)(H,21,22)/t7?,8-,13+/m1/s1/i5D. The Morgan fingerprint density at radius 3 is 2.22 bits per heavy atom. The molecule has 0 saturated heterocycles. The molecule has 0 heterocycles. The van der Waals surface area contributed by atoms with E-state index in [0.29, 0.717) is 0 Å². The predicted octanol–water partition coefficient (Wildman–Crippen LogP) is -1.15. The first-order valence-electron chi connectivity index (χ1n) is 7.12. The van der Waals surface area contributed by atoms with Gasteiger partial charge in [-0.15, -0.1) is 0 Å². The SMILES string of the molecule is [2H]C(=O)CCC[C@H](C(=O)NC(C)C(=O)O)[C@@](O)(CC(=O)O)C(=O)O. The summed E-state index contributed by atoms with van der Waals surface area (Å²) in [6, 6.07) is -1.40. The molecule has 0 aromatic heterocycles. The van der Waals surface area contributed by atoms with Crippen LogP contribution in [0.25, 0.3) is 0 Å². The van der Waals surface area contributed by atoms with Gasteiger partial charge in [0.15, 0.2) is 5.60 Å². The topological polar surface area (TPSA) is 178 Å². The summed E-state index contributed by atoms with van der Waals surface area (Å²) in [5.41, 5.74) is -2.99. The van der Waals surface area contributed by atoms with Crippen molar-refractivity contribution >= 4 is 30.1 Å². The maximum absolute atomic E-state index is 12.1. The summed E-state index contributed by atoms with van der Waals surface area (Å²) in [5, 5.41) is 38.8. The molecule has 0 saturated carbocycles. The van der Waals surface area contributed by atoms with Gasteiger partial charge in [-0.05, 0) is 19.8 Å². The highest BCUT2D eigenvalue weighted by Gasteiger charge is 2.49. The number of carbonyl (C=O) groups excluding carboxylic acids is 2. The lowest BCUT2D eigenvalue weighted by Crippen LogP contribution is -2.55. The van der Waals surface area contributed by atoms with Gasteiger partial charge >= 0.3 is 17.9 Å². The van der Waals surface area contributed by atoms with E-state index in [2.05, 4.69) is 0 Å². The van der Waals surface area contributed by atoms with Crippen molar-refractivity contribution in [2.75, 3.05) is 0 Å². The number of aliphatic carboxylic acids is 3. The summed E-state index contributed by atoms with van der Waals surface area (Å²) in [5.74, 6) is -8.05. The van der Waals surface area contributed by atoms with E-state index in [1.54, 1.807) is 0 Å². The minimum absolute atomic E-state index is 0.156. The van der Waals surface area contributed by atoms with Crippen LogP contribution < -0.4 is 5.32 Å². The van der Waals surface area contributed by atoms with E-state index in [9.17, 15) is 29.1 Å². The van der Waals surface area contributed by atoms with E-state index in [-0.39, 0.29) is 12.8 Å². The van der Waals surface area contributed by atoms with Gasteiger partial charge in [-0.2, -0.15) is 0 Å². The Labute approximate surface area is 132 Å². The van der Waals surface area contributed by atoms with Crippen molar-refractivity contribution in [1.29, 1.82) is 0 Å². The summed E-state index contributed by atoms with van der Waals surface area (Å²) in [4.78, 5) is 55.7. The highest BCUT2D eigenvalue weighted by atomic mass is 16.4. The van der Waals surface area contributed by atoms with Crippen LogP contribution in [0.4, 0.5) is 0 Å². The third-order valence-corrected chi connectivity index (χ3v) is 3.18. The van der Waals surface area contributed by atoms with Gasteiger partial charge in [-0.3, -0.25) is 14.4 Å². The largest absolute Gasteiger partial charge is 0.481 e. The zero-order valence-corrected chi connectivity index (χ0v) is 12.3. The highest BCUT2D eigenvalue weighted by molar-refractivity contribution is 5.93. The van der Waals surface area contributed by atoms with Crippen LogP contribution >= 0.6 is 0 Å². The summed E-state index contributed by atoms with van der Waals surface area (Å²) in [6.45, 7) is 1.10. The number of carboxylic acids is 3. The Morgan fingerprint density at radius 1 is 1.26 bits per heavy atom. The fraction of sp³-hybridized carbons (Fsp3) is 0.615. The monoisotopic (exact) mass is 334 g/mol. The van der Waals surface area contributed by atoms with E-state index in [1.165, 1.54) is 0 Å². The Morgan fingerprint density at radius 2 is 1.83 bits per heavy atom. The molecular weight excluding hydrogens is 314 g/mol. The van der Waals surface area contributed by atoms with Crippen LogP contribution in [-0.2, 0) is 24.0 Å². The van der Waals surface area contributed by atoms with E-state index in [1.807, 2.05) is 5.32 Å². The molecule has 0 fully saturated rings. The molecule has 10 nitrogen and oxygen atoms in total. The molecule has 3 atom stereocenters. The molecule has 0 aliphatic heterocycles. The predicted molar refractivity (Wildman–Crippen MR) is 73.5 cm³/mol. The van der Waals surface area contributed by atoms with Crippen molar-refractivity contribution in [3.8, 4) is 0 Å². The number of nitrogens with one attached hydrogen (secondary N) is 1. The Hall–Kier alpha value is -2.49. The summed E-state index contributed by atoms with van der Waals surface area (Å²) < 4.78 is 6.76. The summed E-state index contributed by atoms with van der Waals surface area (Å²) in [7, 11) is 0. The summed E-state index contributed by atoms with van der Waals surface area (Å²) in [6.07, 6.45) is -3.18. The zero-order chi connectivity index (χ0) is 19.1. The molecule has 0 radical (unpaired) electrons. The molecule has 0 aromatic carbocycles. The lowest BCUT2D eigenvalue weighted by Gasteiger charge is -2.30. The number of hydrogen-bond acceptors (Lipinski definition) is 6. The maximum Gasteiger partial charge on any atom is 0.337 e. The van der Waals surface area contributed by atoms with Gasteiger partial charge < -0.3 is 30.5 Å². The van der Waals surface area contributed by atoms with Gasteiger partial charge in [0.05, 0.1) is 12.3 Å². The van der Waals surface area contributed by atoms with Gasteiger partial charge in [0.1, 0.15) is 13.7 Å². The van der Waals surface area contributed by atoms with Crippen molar-refractivity contribution in [2.45, 2.75) is 44.2 Å². The lowest BCUT2D eigenvalue weighted by atomic mass is 9.80. The molecule has 0 aliphatic carbocycles. The number of amides is 1. The van der Waals surface area contributed by atoms with Crippen LogP contribution in [0.2, 0.25) is 0 Å². The average molecular weight is 334 g/mol. The number of hydrogen-bond donors (Lipinski definition) is 5. The molecule has 1 unspecified atom stereocenters. The molecule has 0 bridgehead atoms. The van der Waals surface area contributed by atoms with Crippen LogP contribution in [0.3, 0.4) is 0 Å². The van der Waals surface area contributed by atoms with Gasteiger partial charge in [0.25, 0.3) is 0 Å². The van der Waals surface area contributed by atoms with Gasteiger partial charge in [-0.1, -0.05) is 0 Å². The first-order valence-corrected chi connectivity index (χ1v) is 6.62. The van der Waals surface area contributed by atoms with E-state index in [4.69, 9.17) is 16.7 Å². The molecule has 0 spiro atoms. The fourth-order valence-electron chi connectivity index (χ4n) is 1.92. The lowest BCUT2D eigenvalue weighted by molar-refractivity contribution is -0.175. The average Bonchev–Trinajstić information content (AvgIpc) is 2.41. The van der Waals surface area contributed by atoms with Crippen molar-refractivity contribution < 1.29 is 45.8 Å². The van der Waals surface area contributed by atoms with Crippen LogP contribution in [0.15, 0.2) is 0 Å². The smallest absolute Gasteiger partial charge is 0.337 e. The molecular formula is C13H19NO9. The van der Waals surface area contributed by atoms with Crippen molar-refractivity contribution in [3.63, 3.8) is 0 Å². The third kappa shape index (κ3) is 6.02. The van der Waals surface area contributed by atoms with Gasteiger partial charge in [0.2, 0.25) is 5.91 Å². The molecule has 0 rings (SSSR count). The molecule has 10 heteroatoms. The quantitative estimate of drug-likeness (QED) is 0.292. The molecule has 5 N–H and O–H groups in total. The first-order chi connectivity index (χ1) is 10.9. The second-order valence-electron chi connectivity index (χ2n) is 4.96. The molecule has 1 amide bonds.